The summed E-state index contributed by atoms with van der Waals surface area (Å²) in [6, 6.07) is 0. The van der Waals surface area contributed by atoms with Crippen LogP contribution in [0.2, 0.25) is 0 Å². The highest BCUT2D eigenvalue weighted by atomic mass is 32.1. The van der Waals surface area contributed by atoms with E-state index in [9.17, 15) is 0 Å². The van der Waals surface area contributed by atoms with Crippen LogP contribution < -0.4 is 0 Å². The van der Waals surface area contributed by atoms with E-state index < -0.39 is 0 Å². The first-order chi connectivity index (χ1) is 3.43. The molecule has 0 N–H and O–H groups in total. The lowest BCUT2D eigenvalue weighted by molar-refractivity contribution is 1.41. The molecule has 1 nitrogen and oxygen atoms in total. The fraction of sp³-hybridized carbons (Fsp3) is 0. The Labute approximate surface area is 51.0 Å². The third-order valence-corrected chi connectivity index (χ3v) is 1.53. The van der Waals surface area contributed by atoms with Gasteiger partial charge in [0.15, 0.2) is 0 Å². The Bertz CT molecular complexity index is 145. The molecule has 0 aromatic carbocycles. The maximum Gasteiger partial charge on any atom is 0.135 e. The van der Waals surface area contributed by atoms with Gasteiger partial charge in [-0.1, -0.05) is 12.2 Å². The Kier molecular flexibility index (Phi) is 1.49. The first kappa shape index (κ1) is 4.87. The summed E-state index contributed by atoms with van der Waals surface area (Å²) in [4.78, 5) is 3.84. The normalized spacial score (nSPS) is 8.57. The van der Waals surface area contributed by atoms with Crippen molar-refractivity contribution in [1.82, 2.24) is 4.98 Å². The first-order valence-corrected chi connectivity index (χ1v) is 3.00. The molecule has 1 radical (unpaired) electrons. The van der Waals surface area contributed by atoms with Crippen molar-refractivity contribution in [3.63, 3.8) is 0 Å². The molecule has 0 spiro atoms. The van der Waals surface area contributed by atoms with Gasteiger partial charge in [0, 0.05) is 11.6 Å². The summed E-state index contributed by atoms with van der Waals surface area (Å²) in [6.45, 7) is 0. The Hall–Kier alpha value is -0.280. The van der Waals surface area contributed by atoms with Gasteiger partial charge in [0.2, 0.25) is 0 Å². The minimum absolute atomic E-state index is 0.787. The fourth-order valence-corrected chi connectivity index (χ4v) is 0.891. The van der Waals surface area contributed by atoms with Gasteiger partial charge < -0.3 is 0 Å². The van der Waals surface area contributed by atoms with Gasteiger partial charge in [0.05, 0.1) is 5.37 Å². The molecule has 3 heteroatoms. The zero-order valence-electron chi connectivity index (χ0n) is 3.42. The van der Waals surface area contributed by atoms with Crippen molar-refractivity contribution in [2.45, 2.75) is 0 Å². The summed E-state index contributed by atoms with van der Waals surface area (Å²) in [6.07, 6.45) is 1.71. The van der Waals surface area contributed by atoms with Crippen molar-refractivity contribution in [3.8, 4) is 0 Å². The second kappa shape index (κ2) is 2.14. The van der Waals surface area contributed by atoms with Crippen LogP contribution in [-0.4, -0.2) is 10.4 Å². The summed E-state index contributed by atoms with van der Waals surface area (Å²) in [7, 11) is 0. The van der Waals surface area contributed by atoms with Crippen LogP contribution in [0, 0.1) is 0 Å². The minimum atomic E-state index is 0.787. The van der Waals surface area contributed by atoms with Crippen LogP contribution in [0.4, 0.5) is 0 Å². The predicted molar refractivity (Wildman–Crippen MR) is 33.8 cm³/mol. The molecule has 0 saturated heterocycles. The second-order valence-corrected chi connectivity index (χ2v) is 2.04. The van der Waals surface area contributed by atoms with Gasteiger partial charge in [-0.25, -0.2) is 4.98 Å². The van der Waals surface area contributed by atoms with Crippen LogP contribution in [0.1, 0.15) is 5.01 Å². The van der Waals surface area contributed by atoms with E-state index in [1.165, 1.54) is 11.3 Å². The summed E-state index contributed by atoms with van der Waals surface area (Å²) >= 11 is 5.97. The van der Waals surface area contributed by atoms with Gasteiger partial charge in [0.1, 0.15) is 5.01 Å². The average Bonchev–Trinajstić information content (AvgIpc) is 2.14. The number of nitrogens with zero attached hydrogens (tertiary/aromatic N) is 1. The van der Waals surface area contributed by atoms with Crippen LogP contribution in [-0.2, 0) is 0 Å². The van der Waals surface area contributed by atoms with Crippen LogP contribution in [0.15, 0.2) is 11.6 Å². The largest absolute Gasteiger partial charge is 0.244 e. The van der Waals surface area contributed by atoms with E-state index in [4.69, 9.17) is 0 Å². The standard InChI is InChI=1S/C4H2NS2/c6-3-4-5-1-2-7-4/h1-2H. The minimum Gasteiger partial charge on any atom is -0.244 e. The van der Waals surface area contributed by atoms with E-state index in [0.717, 1.165) is 5.01 Å². The third kappa shape index (κ3) is 1.04. The zero-order chi connectivity index (χ0) is 5.11. The molecule has 0 unspecified atom stereocenters. The maximum absolute atomic E-state index is 4.47. The summed E-state index contributed by atoms with van der Waals surface area (Å²) < 4.78 is 0. The number of thiocarbonyl (C=S) groups is 1. The number of hydrogen-bond donors (Lipinski definition) is 0. The zero-order valence-corrected chi connectivity index (χ0v) is 5.05. The smallest absolute Gasteiger partial charge is 0.135 e. The number of aromatic nitrogens is 1. The van der Waals surface area contributed by atoms with Crippen molar-refractivity contribution in [3.05, 3.63) is 16.6 Å². The highest BCUT2D eigenvalue weighted by molar-refractivity contribution is 7.79. The summed E-state index contributed by atoms with van der Waals surface area (Å²) in [5.41, 5.74) is 0. The molecule has 0 bridgehead atoms. The monoisotopic (exact) mass is 128 g/mol. The van der Waals surface area contributed by atoms with Crippen LogP contribution in [0.3, 0.4) is 0 Å². The SMILES string of the molecule is S=[C]c1nccs1. The Morgan fingerprint density at radius 1 is 1.86 bits per heavy atom. The van der Waals surface area contributed by atoms with Gasteiger partial charge >= 0.3 is 0 Å². The molecule has 0 atom stereocenters. The van der Waals surface area contributed by atoms with E-state index in [1.54, 1.807) is 6.20 Å². The van der Waals surface area contributed by atoms with E-state index in [1.807, 2.05) is 5.38 Å². The van der Waals surface area contributed by atoms with Crippen molar-refractivity contribution >= 4 is 28.9 Å². The maximum atomic E-state index is 4.47. The quantitative estimate of drug-likeness (QED) is 0.530. The van der Waals surface area contributed by atoms with Crippen LogP contribution >= 0.6 is 23.6 Å². The molecular weight excluding hydrogens is 126 g/mol. The average molecular weight is 128 g/mol. The van der Waals surface area contributed by atoms with E-state index >= 15 is 0 Å². The van der Waals surface area contributed by atoms with Gasteiger partial charge in [-0.05, 0) is 0 Å². The lowest BCUT2D eigenvalue weighted by Gasteiger charge is -1.66. The molecule has 0 amide bonds. The lowest BCUT2D eigenvalue weighted by atomic mass is 10.8. The highest BCUT2D eigenvalue weighted by Crippen LogP contribution is 1.98. The summed E-state index contributed by atoms with van der Waals surface area (Å²) in [5, 5.41) is 5.15. The molecule has 35 valence electrons. The molecule has 1 rings (SSSR count). The second-order valence-electron chi connectivity index (χ2n) is 0.939. The van der Waals surface area contributed by atoms with Crippen molar-refractivity contribution < 1.29 is 0 Å². The Balaban J connectivity index is 2.96. The molecule has 1 aromatic rings. The van der Waals surface area contributed by atoms with Gasteiger partial charge in [-0.3, -0.25) is 0 Å². The molecule has 1 aromatic heterocycles. The number of thiazole rings is 1. The fourth-order valence-electron chi connectivity index (χ4n) is 0.274. The molecule has 0 fully saturated rings. The van der Waals surface area contributed by atoms with E-state index in [0.29, 0.717) is 0 Å². The van der Waals surface area contributed by atoms with Crippen molar-refractivity contribution in [1.29, 1.82) is 0 Å². The molecule has 7 heavy (non-hydrogen) atoms. The highest BCUT2D eigenvalue weighted by Gasteiger charge is 1.83. The van der Waals surface area contributed by atoms with Crippen LogP contribution in [0.25, 0.3) is 0 Å². The van der Waals surface area contributed by atoms with Gasteiger partial charge in [-0.15, -0.1) is 11.3 Å². The van der Waals surface area contributed by atoms with E-state index in [2.05, 4.69) is 22.6 Å². The number of hydrogen-bond acceptors (Lipinski definition) is 3. The molecule has 0 saturated carbocycles. The van der Waals surface area contributed by atoms with Gasteiger partial charge in [-0.2, -0.15) is 0 Å². The number of rotatable bonds is 1. The van der Waals surface area contributed by atoms with E-state index in [-0.39, 0.29) is 0 Å². The summed E-state index contributed by atoms with van der Waals surface area (Å²) in [5.74, 6) is 0. The van der Waals surface area contributed by atoms with Crippen molar-refractivity contribution in [2.75, 3.05) is 0 Å². The molecule has 0 aliphatic carbocycles. The Morgan fingerprint density at radius 3 is 3.00 bits per heavy atom. The van der Waals surface area contributed by atoms with Gasteiger partial charge in [0.25, 0.3) is 0 Å². The third-order valence-electron chi connectivity index (χ3n) is 0.520. The predicted octanol–water partition coefficient (Wildman–Crippen LogP) is 1.37. The Morgan fingerprint density at radius 2 is 2.71 bits per heavy atom. The molecule has 1 heterocycles. The van der Waals surface area contributed by atoms with Crippen LogP contribution in [0.5, 0.6) is 0 Å². The first-order valence-electron chi connectivity index (χ1n) is 1.71. The topological polar surface area (TPSA) is 12.9 Å². The molecular formula is C4H2NS2. The molecule has 0 aliphatic rings. The lowest BCUT2D eigenvalue weighted by Crippen LogP contribution is -1.67. The van der Waals surface area contributed by atoms with Crippen molar-refractivity contribution in [2.24, 2.45) is 0 Å². The molecule has 0 aliphatic heterocycles.